The SMILES string of the molecule is [C-]#[N+]c1ccc(N(c2ccc([Si](C)(C)C)cc2)c2cc(C(C)C)c3ccc4c(N(c5ccc(C)cc5)c5ccc([Si](C)(C)C)cc5)cc(C(C)C)c5ccc2c3c54)cc1. The molecule has 0 unspecified atom stereocenters. The summed E-state index contributed by atoms with van der Waals surface area (Å²) in [6.07, 6.45) is 0. The molecule has 5 heteroatoms. The highest BCUT2D eigenvalue weighted by atomic mass is 28.3. The first-order valence-electron chi connectivity index (χ1n) is 21.2. The van der Waals surface area contributed by atoms with E-state index in [1.165, 1.54) is 70.8 Å². The van der Waals surface area contributed by atoms with Crippen LogP contribution in [-0.2, 0) is 0 Å². The Morgan fingerprint density at radius 2 is 0.763 bits per heavy atom. The summed E-state index contributed by atoms with van der Waals surface area (Å²) in [5.41, 5.74) is 11.4. The van der Waals surface area contributed by atoms with E-state index < -0.39 is 16.1 Å². The Kier molecular flexibility index (Phi) is 10.3. The number of aryl methyl sites for hydroxylation is 1. The lowest BCUT2D eigenvalue weighted by atomic mass is 9.84. The molecule has 0 heterocycles. The topological polar surface area (TPSA) is 10.8 Å². The molecule has 0 saturated heterocycles. The van der Waals surface area contributed by atoms with Crippen LogP contribution in [0, 0.1) is 13.5 Å². The monoisotopic (exact) mass is 803 g/mol. The van der Waals surface area contributed by atoms with Crippen LogP contribution in [0.3, 0.4) is 0 Å². The van der Waals surface area contributed by atoms with Crippen molar-refractivity contribution in [2.24, 2.45) is 0 Å². The predicted octanol–water partition coefficient (Wildman–Crippen LogP) is 15.7. The lowest BCUT2D eigenvalue weighted by Gasteiger charge is -2.32. The largest absolute Gasteiger partial charge is 0.310 e. The van der Waals surface area contributed by atoms with Gasteiger partial charge >= 0.3 is 0 Å². The van der Waals surface area contributed by atoms with Crippen molar-refractivity contribution in [1.29, 1.82) is 0 Å². The molecule has 8 aromatic carbocycles. The van der Waals surface area contributed by atoms with E-state index in [4.69, 9.17) is 6.57 Å². The molecule has 0 bridgehead atoms. The number of rotatable bonds is 10. The van der Waals surface area contributed by atoms with Crippen molar-refractivity contribution in [2.45, 2.75) is 85.7 Å². The van der Waals surface area contributed by atoms with Gasteiger partial charge < -0.3 is 9.80 Å². The van der Waals surface area contributed by atoms with Crippen LogP contribution in [-0.4, -0.2) is 16.1 Å². The van der Waals surface area contributed by atoms with Crippen LogP contribution in [0.1, 0.15) is 56.2 Å². The lowest BCUT2D eigenvalue weighted by Crippen LogP contribution is -2.37. The van der Waals surface area contributed by atoms with Gasteiger partial charge in [-0.25, -0.2) is 4.85 Å². The maximum Gasteiger partial charge on any atom is 0.187 e. The van der Waals surface area contributed by atoms with Crippen molar-refractivity contribution in [2.75, 3.05) is 9.80 Å². The highest BCUT2D eigenvalue weighted by Crippen LogP contribution is 2.51. The van der Waals surface area contributed by atoms with Gasteiger partial charge in [0.2, 0.25) is 0 Å². The van der Waals surface area contributed by atoms with E-state index in [1.54, 1.807) is 0 Å². The van der Waals surface area contributed by atoms with E-state index in [1.807, 2.05) is 12.1 Å². The van der Waals surface area contributed by atoms with Crippen LogP contribution in [0.25, 0.3) is 37.2 Å². The standard InChI is InChI=1S/C54H57N3Si2/c1-35(2)49-33-51(56(39-17-13-37(5)14-18-39)41-21-25-43(26-22-41)58(7,8)9)47-31-29-46-50(36(3)4)34-52(48-32-30-45(49)53(47)54(46)48)57(40-19-15-38(55-6)16-20-40)42-23-27-44(28-24-42)59(10,11)12/h13-36H,1-5,7-12H3. The van der Waals surface area contributed by atoms with Crippen molar-refractivity contribution in [1.82, 2.24) is 0 Å². The van der Waals surface area contributed by atoms with Gasteiger partial charge in [0.15, 0.2) is 5.69 Å². The van der Waals surface area contributed by atoms with Crippen LogP contribution in [0.4, 0.5) is 39.8 Å². The quantitative estimate of drug-likeness (QED) is 0.0775. The van der Waals surface area contributed by atoms with Crippen molar-refractivity contribution in [3.8, 4) is 0 Å². The number of benzene rings is 8. The third-order valence-corrected chi connectivity index (χ3v) is 16.3. The van der Waals surface area contributed by atoms with Gasteiger partial charge in [0.25, 0.3) is 0 Å². The minimum atomic E-state index is -1.52. The van der Waals surface area contributed by atoms with Crippen LogP contribution in [0.2, 0.25) is 39.3 Å². The zero-order valence-corrected chi connectivity index (χ0v) is 38.7. The van der Waals surface area contributed by atoms with Gasteiger partial charge in [-0.1, -0.05) is 156 Å². The second-order valence-corrected chi connectivity index (χ2v) is 29.2. The van der Waals surface area contributed by atoms with Gasteiger partial charge in [0.1, 0.15) is 0 Å². The lowest BCUT2D eigenvalue weighted by molar-refractivity contribution is 0.875. The average Bonchev–Trinajstić information content (AvgIpc) is 3.21. The number of nitrogens with zero attached hydrogens (tertiary/aromatic N) is 3. The Balaban J connectivity index is 1.47. The molecule has 0 amide bonds. The first-order valence-corrected chi connectivity index (χ1v) is 28.2. The molecule has 0 N–H and O–H groups in total. The van der Waals surface area contributed by atoms with E-state index in [0.29, 0.717) is 11.6 Å². The second kappa shape index (κ2) is 15.2. The zero-order chi connectivity index (χ0) is 42.0. The fourth-order valence-electron chi connectivity index (χ4n) is 8.78. The molecular formula is C54H57N3Si2. The third kappa shape index (κ3) is 7.34. The highest BCUT2D eigenvalue weighted by molar-refractivity contribution is 6.89. The summed E-state index contributed by atoms with van der Waals surface area (Å²) in [6, 6.07) is 50.2. The highest BCUT2D eigenvalue weighted by Gasteiger charge is 2.27. The van der Waals surface area contributed by atoms with E-state index in [2.05, 4.69) is 210 Å². The maximum atomic E-state index is 7.70. The predicted molar refractivity (Wildman–Crippen MR) is 265 cm³/mol. The Labute approximate surface area is 354 Å². The van der Waals surface area contributed by atoms with Gasteiger partial charge in [-0.3, -0.25) is 0 Å². The summed E-state index contributed by atoms with van der Waals surface area (Å²) in [5.74, 6) is 0.593. The van der Waals surface area contributed by atoms with Crippen LogP contribution in [0.5, 0.6) is 0 Å². The summed E-state index contributed by atoms with van der Waals surface area (Å²) < 4.78 is 0. The smallest absolute Gasteiger partial charge is 0.187 e. The fraction of sp³-hybridized carbons (Fsp3) is 0.241. The molecule has 59 heavy (non-hydrogen) atoms. The summed E-state index contributed by atoms with van der Waals surface area (Å²) >= 11 is 0. The molecule has 0 aromatic heterocycles. The van der Waals surface area contributed by atoms with Gasteiger partial charge in [-0.05, 0) is 112 Å². The molecule has 3 nitrogen and oxygen atoms in total. The molecule has 0 radical (unpaired) electrons. The average molecular weight is 804 g/mol. The maximum absolute atomic E-state index is 7.70. The molecule has 0 fully saturated rings. The summed E-state index contributed by atoms with van der Waals surface area (Å²) in [6.45, 7) is 33.6. The van der Waals surface area contributed by atoms with E-state index in [0.717, 1.165) is 22.7 Å². The van der Waals surface area contributed by atoms with Gasteiger partial charge in [0, 0.05) is 33.5 Å². The number of hydrogen-bond donors (Lipinski definition) is 0. The molecule has 8 aromatic rings. The number of hydrogen-bond acceptors (Lipinski definition) is 2. The second-order valence-electron chi connectivity index (χ2n) is 19.1. The third-order valence-electron chi connectivity index (χ3n) is 12.2. The molecule has 0 spiro atoms. The Bertz CT molecular complexity index is 2830. The normalized spacial score (nSPS) is 12.3. The summed E-state index contributed by atoms with van der Waals surface area (Å²) in [7, 11) is -3.02. The summed E-state index contributed by atoms with van der Waals surface area (Å²) in [5, 5.41) is 10.6. The van der Waals surface area contributed by atoms with Crippen LogP contribution >= 0.6 is 0 Å². The fourth-order valence-corrected chi connectivity index (χ4v) is 11.1. The minimum absolute atomic E-state index is 0.289. The van der Waals surface area contributed by atoms with Crippen molar-refractivity contribution in [3.63, 3.8) is 0 Å². The van der Waals surface area contributed by atoms with E-state index >= 15 is 0 Å². The molecule has 8 rings (SSSR count). The van der Waals surface area contributed by atoms with Crippen molar-refractivity contribution in [3.05, 3.63) is 162 Å². The van der Waals surface area contributed by atoms with Gasteiger partial charge in [0.05, 0.1) is 34.1 Å². The number of anilines is 6. The Morgan fingerprint density at radius 1 is 0.441 bits per heavy atom. The Hall–Kier alpha value is -5.68. The van der Waals surface area contributed by atoms with Crippen molar-refractivity contribution >= 4 is 98.7 Å². The van der Waals surface area contributed by atoms with Gasteiger partial charge in [-0.2, -0.15) is 0 Å². The minimum Gasteiger partial charge on any atom is -0.310 e. The zero-order valence-electron chi connectivity index (χ0n) is 36.7. The molecule has 0 aliphatic heterocycles. The van der Waals surface area contributed by atoms with E-state index in [9.17, 15) is 0 Å². The summed E-state index contributed by atoms with van der Waals surface area (Å²) in [4.78, 5) is 8.65. The molecule has 0 aliphatic rings. The van der Waals surface area contributed by atoms with Crippen molar-refractivity contribution < 1.29 is 0 Å². The Morgan fingerprint density at radius 3 is 1.08 bits per heavy atom. The molecule has 0 atom stereocenters. The van der Waals surface area contributed by atoms with Crippen LogP contribution in [0.15, 0.2) is 133 Å². The van der Waals surface area contributed by atoms with E-state index in [-0.39, 0.29) is 5.92 Å². The first kappa shape index (κ1) is 40.1. The first-order chi connectivity index (χ1) is 28.0. The van der Waals surface area contributed by atoms with Crippen LogP contribution < -0.4 is 20.2 Å². The molecule has 0 aliphatic carbocycles. The molecular weight excluding hydrogens is 747 g/mol. The molecule has 296 valence electrons. The molecule has 0 saturated carbocycles. The van der Waals surface area contributed by atoms with Gasteiger partial charge in [-0.15, -0.1) is 0 Å².